The van der Waals surface area contributed by atoms with Crippen molar-refractivity contribution in [3.05, 3.63) is 167 Å². The van der Waals surface area contributed by atoms with E-state index in [-0.39, 0.29) is 28.6 Å². The Morgan fingerprint density at radius 2 is 1.30 bits per heavy atom. The second kappa shape index (κ2) is 17.1. The zero-order chi connectivity index (χ0) is 52.7. The number of aromatic hydroxyl groups is 1. The average Bonchev–Trinajstić information content (AvgIpc) is 3.69. The van der Waals surface area contributed by atoms with Crippen LogP contribution in [0.4, 0.5) is 0 Å². The van der Waals surface area contributed by atoms with Gasteiger partial charge in [0.2, 0.25) is 0 Å². The first-order chi connectivity index (χ1) is 33.5. The number of nitrogens with zero attached hydrogens (tertiary/aromatic N) is 3. The number of benzene rings is 6. The van der Waals surface area contributed by atoms with Crippen LogP contribution in [0.2, 0.25) is 0 Å². The smallest absolute Gasteiger partial charge is 0.149 e. The first kappa shape index (κ1) is 33.3. The topological polar surface area (TPSA) is 50.9 Å². The van der Waals surface area contributed by atoms with E-state index in [1.807, 2.05) is 100 Å². The van der Waals surface area contributed by atoms with Crippen molar-refractivity contribution in [2.24, 2.45) is 0 Å². The summed E-state index contributed by atoms with van der Waals surface area (Å²) in [5.74, 6) is -0.960. The molecule has 0 spiro atoms. The molecule has 1 N–H and O–H groups in total. The standard InChI is InChI=1S/C59H63N3O/c1-35(2)43-32-51(38(7)8)57(63)52(33-43)58-61-56-50(44-29-45(31-46(30-44)59(10,11)12)53-34-42(27-28-60-53)40-21-19-39(9)20-22-40)17-14-18-54(56)62(58)47-25-23-41(24-26-47)55-48(36(3)4)15-13-16-49(55)37(5)6/h13-38,63H,1-12H3/i9D3,19D,20D,21D,22D,36D,37D. The molecule has 8 rings (SSSR count). The molecule has 8 aromatic rings. The van der Waals surface area contributed by atoms with Crippen LogP contribution in [0.3, 0.4) is 0 Å². The van der Waals surface area contributed by atoms with Gasteiger partial charge in [0.15, 0.2) is 0 Å². The number of phenols is 1. The van der Waals surface area contributed by atoms with Crippen molar-refractivity contribution in [1.82, 2.24) is 14.5 Å². The van der Waals surface area contributed by atoms with E-state index in [0.29, 0.717) is 28.2 Å². The number of imidazole rings is 1. The minimum Gasteiger partial charge on any atom is -0.507 e. The number of pyridine rings is 1. The van der Waals surface area contributed by atoms with Gasteiger partial charge in [0.1, 0.15) is 11.6 Å². The molecule has 0 radical (unpaired) electrons. The lowest BCUT2D eigenvalue weighted by atomic mass is 9.83. The predicted octanol–water partition coefficient (Wildman–Crippen LogP) is 16.6. The molecule has 0 bridgehead atoms. The van der Waals surface area contributed by atoms with E-state index in [9.17, 15) is 5.11 Å². The molecule has 0 atom stereocenters. The molecule has 0 aliphatic rings. The van der Waals surface area contributed by atoms with Crippen LogP contribution in [-0.2, 0) is 5.41 Å². The zero-order valence-electron chi connectivity index (χ0n) is 47.3. The highest BCUT2D eigenvalue weighted by Gasteiger charge is 2.25. The highest BCUT2D eigenvalue weighted by molar-refractivity contribution is 5.97. The Balaban J connectivity index is 1.38. The second-order valence-corrected chi connectivity index (χ2v) is 18.8. The lowest BCUT2D eigenvalue weighted by Gasteiger charge is -2.22. The molecular weight excluding hydrogens is 767 g/mol. The average molecular weight is 839 g/mol. The molecule has 2 heterocycles. The molecule has 4 nitrogen and oxygen atoms in total. The molecule has 0 unspecified atom stereocenters. The van der Waals surface area contributed by atoms with Gasteiger partial charge in [-0.05, 0) is 140 Å². The first-order valence-corrected chi connectivity index (χ1v) is 21.9. The molecule has 0 saturated heterocycles. The van der Waals surface area contributed by atoms with Crippen molar-refractivity contribution in [3.8, 4) is 67.5 Å². The number of fused-ring (bicyclic) bond motifs is 1. The van der Waals surface area contributed by atoms with E-state index >= 15 is 0 Å². The largest absolute Gasteiger partial charge is 0.507 e. The molecule has 0 fully saturated rings. The molecule has 320 valence electrons. The molecule has 0 amide bonds. The zero-order valence-corrected chi connectivity index (χ0v) is 38.3. The summed E-state index contributed by atoms with van der Waals surface area (Å²) >= 11 is 0. The fourth-order valence-electron chi connectivity index (χ4n) is 8.44. The van der Waals surface area contributed by atoms with E-state index in [4.69, 9.17) is 22.3 Å². The van der Waals surface area contributed by atoms with Crippen LogP contribution >= 0.6 is 0 Å². The highest BCUT2D eigenvalue weighted by atomic mass is 16.3. The Hall–Kier alpha value is -6.26. The third kappa shape index (κ3) is 8.48. The van der Waals surface area contributed by atoms with Crippen molar-refractivity contribution in [1.29, 1.82) is 0 Å². The van der Waals surface area contributed by atoms with Gasteiger partial charge in [-0.3, -0.25) is 9.55 Å². The fraction of sp³-hybridized carbons (Fsp3) is 0.288. The maximum absolute atomic E-state index is 12.2. The van der Waals surface area contributed by atoms with Gasteiger partial charge in [-0.1, -0.05) is 160 Å². The van der Waals surface area contributed by atoms with Gasteiger partial charge in [-0.25, -0.2) is 4.98 Å². The van der Waals surface area contributed by atoms with E-state index < -0.39 is 48.4 Å². The van der Waals surface area contributed by atoms with E-state index in [2.05, 4.69) is 71.2 Å². The number of aromatic nitrogens is 3. The van der Waals surface area contributed by atoms with Gasteiger partial charge >= 0.3 is 0 Å². The van der Waals surface area contributed by atoms with E-state index in [0.717, 1.165) is 66.8 Å². The summed E-state index contributed by atoms with van der Waals surface area (Å²) in [6.45, 7) is 19.5. The fourth-order valence-corrected chi connectivity index (χ4v) is 8.44. The number of hydrogen-bond acceptors (Lipinski definition) is 3. The van der Waals surface area contributed by atoms with Crippen LogP contribution in [0.15, 0.2) is 133 Å². The Kier molecular flexibility index (Phi) is 9.06. The minimum absolute atomic E-state index is 0.0137. The van der Waals surface area contributed by atoms with Crippen LogP contribution in [-0.4, -0.2) is 19.6 Å². The summed E-state index contributed by atoms with van der Waals surface area (Å²) in [6.07, 6.45) is 1.56. The van der Waals surface area contributed by atoms with Crippen molar-refractivity contribution in [2.45, 2.75) is 112 Å². The monoisotopic (exact) mass is 839 g/mol. The normalized spacial score (nSPS) is 14.7. The van der Waals surface area contributed by atoms with Gasteiger partial charge in [0, 0.05) is 29.9 Å². The number of hydrogen-bond donors (Lipinski definition) is 1. The summed E-state index contributed by atoms with van der Waals surface area (Å²) in [5, 5.41) is 12.2. The van der Waals surface area contributed by atoms with Gasteiger partial charge in [-0.2, -0.15) is 0 Å². The summed E-state index contributed by atoms with van der Waals surface area (Å²) < 4.78 is 78.9. The van der Waals surface area contributed by atoms with Crippen molar-refractivity contribution < 1.29 is 17.4 Å². The maximum atomic E-state index is 12.2. The summed E-state index contributed by atoms with van der Waals surface area (Å²) in [6, 6.07) is 31.7. The Morgan fingerprint density at radius 1 is 0.635 bits per heavy atom. The molecular formula is C59H63N3O. The third-order valence-corrected chi connectivity index (χ3v) is 12.0. The van der Waals surface area contributed by atoms with Gasteiger partial charge < -0.3 is 5.11 Å². The maximum Gasteiger partial charge on any atom is 0.149 e. The molecule has 6 aromatic carbocycles. The van der Waals surface area contributed by atoms with Gasteiger partial charge in [-0.15, -0.1) is 0 Å². The van der Waals surface area contributed by atoms with Crippen LogP contribution < -0.4 is 0 Å². The molecule has 2 aromatic heterocycles. The van der Waals surface area contributed by atoms with Gasteiger partial charge in [0.05, 0.1) is 27.8 Å². The lowest BCUT2D eigenvalue weighted by molar-refractivity contribution is 0.466. The first-order valence-electron chi connectivity index (χ1n) is 26.4. The number of rotatable bonds is 10. The predicted molar refractivity (Wildman–Crippen MR) is 268 cm³/mol. The Labute approximate surface area is 388 Å². The summed E-state index contributed by atoms with van der Waals surface area (Å²) in [4.78, 5) is 10.3. The van der Waals surface area contributed by atoms with Crippen LogP contribution in [0.1, 0.15) is 146 Å². The van der Waals surface area contributed by atoms with Crippen LogP contribution in [0, 0.1) is 6.85 Å². The quantitative estimate of drug-likeness (QED) is 0.149. The Bertz CT molecular complexity index is 3340. The molecule has 0 aliphatic carbocycles. The van der Waals surface area contributed by atoms with Crippen LogP contribution in [0.25, 0.3) is 72.7 Å². The summed E-state index contributed by atoms with van der Waals surface area (Å²) in [7, 11) is 0. The van der Waals surface area contributed by atoms with Crippen molar-refractivity contribution in [3.63, 3.8) is 0 Å². The molecule has 4 heteroatoms. The number of para-hydroxylation sites is 1. The van der Waals surface area contributed by atoms with E-state index in [1.165, 1.54) is 0 Å². The molecule has 0 saturated carbocycles. The third-order valence-electron chi connectivity index (χ3n) is 12.0. The summed E-state index contributed by atoms with van der Waals surface area (Å²) in [5.41, 5.74) is 11.5. The van der Waals surface area contributed by atoms with E-state index in [1.54, 1.807) is 18.3 Å². The Morgan fingerprint density at radius 3 is 1.92 bits per heavy atom. The minimum atomic E-state index is -2.83. The number of phenolic OH excluding ortho intramolecular Hbond substituents is 1. The second-order valence-electron chi connectivity index (χ2n) is 18.8. The van der Waals surface area contributed by atoms with Crippen molar-refractivity contribution in [2.75, 3.05) is 0 Å². The SMILES string of the molecule is [2H]c1c([2H])c(C([2H])([2H])[2H])c([2H])c([2H])c1-c1ccnc(-c2cc(-c3cccc4c3nc(-c3cc(C(C)C)cc(C(C)C)c3O)n4-c3ccc(-c4c(C([2H])(C)C)cccc4C([2H])(C)C)cc3)cc(C(C)(C)C)c2)c1. The highest BCUT2D eigenvalue weighted by Crippen LogP contribution is 2.44. The van der Waals surface area contributed by atoms with Crippen molar-refractivity contribution >= 4 is 11.0 Å². The lowest BCUT2D eigenvalue weighted by Crippen LogP contribution is -2.11. The van der Waals surface area contributed by atoms with Crippen LogP contribution in [0.5, 0.6) is 5.75 Å². The van der Waals surface area contributed by atoms with Gasteiger partial charge in [0.25, 0.3) is 0 Å². The molecule has 63 heavy (non-hydrogen) atoms. The molecule has 0 aliphatic heterocycles.